The second kappa shape index (κ2) is 7.31. The Kier molecular flexibility index (Phi) is 5.69. The number of sulfonamides is 1. The minimum absolute atomic E-state index is 0.281. The summed E-state index contributed by atoms with van der Waals surface area (Å²) in [6, 6.07) is 3.89. The fourth-order valence-electron chi connectivity index (χ4n) is 2.18. The quantitative estimate of drug-likeness (QED) is 0.746. The first-order valence-electron chi connectivity index (χ1n) is 7.12. The highest BCUT2D eigenvalue weighted by Crippen LogP contribution is 2.18. The molecule has 118 valence electrons. The summed E-state index contributed by atoms with van der Waals surface area (Å²) < 4.78 is 46.0. The van der Waals surface area contributed by atoms with Crippen LogP contribution < -0.4 is 10.0 Å². The van der Waals surface area contributed by atoms with Gasteiger partial charge in [0.15, 0.2) is 0 Å². The van der Waals surface area contributed by atoms with Gasteiger partial charge in [-0.15, -0.1) is 0 Å². The zero-order valence-corrected chi connectivity index (χ0v) is 12.9. The monoisotopic (exact) mass is 316 g/mol. The molecule has 7 heteroatoms. The minimum Gasteiger partial charge on any atom is -0.380 e. The normalized spacial score (nSPS) is 19.0. The molecule has 1 saturated heterocycles. The number of nitrogens with one attached hydrogen (secondary N) is 2. The van der Waals surface area contributed by atoms with E-state index in [0.717, 1.165) is 18.5 Å². The molecule has 0 radical (unpaired) electrons. The third-order valence-electron chi connectivity index (χ3n) is 3.29. The van der Waals surface area contributed by atoms with Gasteiger partial charge < -0.3 is 10.1 Å². The highest BCUT2D eigenvalue weighted by atomic mass is 32.2. The van der Waals surface area contributed by atoms with E-state index in [1.54, 1.807) is 6.07 Å². The maximum absolute atomic E-state index is 13.9. The van der Waals surface area contributed by atoms with Crippen LogP contribution in [-0.2, 0) is 21.3 Å². The Morgan fingerprint density at radius 2 is 2.24 bits per heavy atom. The van der Waals surface area contributed by atoms with Gasteiger partial charge in [-0.2, -0.15) is 0 Å². The number of rotatable bonds is 7. The van der Waals surface area contributed by atoms with Crippen LogP contribution in [0.25, 0.3) is 0 Å². The molecular weight excluding hydrogens is 295 g/mol. The molecule has 0 bridgehead atoms. The SMILES string of the molecule is CCCNCc1ccc(F)c(S(=O)(=O)NC2CCOC2)c1. The summed E-state index contributed by atoms with van der Waals surface area (Å²) in [4.78, 5) is -0.301. The third kappa shape index (κ3) is 4.47. The topological polar surface area (TPSA) is 67.4 Å². The molecule has 0 aliphatic carbocycles. The summed E-state index contributed by atoms with van der Waals surface area (Å²) >= 11 is 0. The molecule has 1 atom stereocenters. The lowest BCUT2D eigenvalue weighted by Crippen LogP contribution is -2.35. The Bertz CT molecular complexity index is 572. The van der Waals surface area contributed by atoms with Crippen molar-refractivity contribution in [3.05, 3.63) is 29.6 Å². The van der Waals surface area contributed by atoms with Crippen LogP contribution in [0, 0.1) is 5.82 Å². The van der Waals surface area contributed by atoms with E-state index in [9.17, 15) is 12.8 Å². The molecule has 21 heavy (non-hydrogen) atoms. The first kappa shape index (κ1) is 16.4. The average molecular weight is 316 g/mol. The lowest BCUT2D eigenvalue weighted by Gasteiger charge is -2.13. The van der Waals surface area contributed by atoms with Crippen LogP contribution in [0.3, 0.4) is 0 Å². The van der Waals surface area contributed by atoms with Crippen molar-refractivity contribution in [3.8, 4) is 0 Å². The summed E-state index contributed by atoms with van der Waals surface area (Å²) in [6.45, 7) is 4.25. The number of benzene rings is 1. The van der Waals surface area contributed by atoms with Crippen LogP contribution in [0.2, 0.25) is 0 Å². The molecular formula is C14H21FN2O3S. The van der Waals surface area contributed by atoms with Gasteiger partial charge in [0.25, 0.3) is 0 Å². The zero-order valence-electron chi connectivity index (χ0n) is 12.1. The van der Waals surface area contributed by atoms with Crippen molar-refractivity contribution in [2.45, 2.75) is 37.2 Å². The van der Waals surface area contributed by atoms with E-state index >= 15 is 0 Å². The first-order chi connectivity index (χ1) is 10.0. The van der Waals surface area contributed by atoms with Gasteiger partial charge in [-0.05, 0) is 37.1 Å². The standard InChI is InChI=1S/C14H21FN2O3S/c1-2-6-16-9-11-3-4-13(15)14(8-11)21(18,19)17-12-5-7-20-10-12/h3-4,8,12,16-17H,2,5-7,9-10H2,1H3. The molecule has 1 aromatic carbocycles. The first-order valence-corrected chi connectivity index (χ1v) is 8.60. The van der Waals surface area contributed by atoms with Crippen molar-refractivity contribution in [1.82, 2.24) is 10.0 Å². The van der Waals surface area contributed by atoms with Crippen molar-refractivity contribution >= 4 is 10.0 Å². The van der Waals surface area contributed by atoms with E-state index in [4.69, 9.17) is 4.74 Å². The number of halogens is 1. The number of hydrogen-bond donors (Lipinski definition) is 2. The number of ether oxygens (including phenoxy) is 1. The third-order valence-corrected chi connectivity index (χ3v) is 4.83. The van der Waals surface area contributed by atoms with Crippen LogP contribution in [0.5, 0.6) is 0 Å². The van der Waals surface area contributed by atoms with Gasteiger partial charge in [0, 0.05) is 19.2 Å². The Labute approximate surface area is 124 Å². The highest BCUT2D eigenvalue weighted by molar-refractivity contribution is 7.89. The van der Waals surface area contributed by atoms with Gasteiger partial charge in [-0.1, -0.05) is 13.0 Å². The molecule has 0 saturated carbocycles. The molecule has 1 heterocycles. The molecule has 0 aromatic heterocycles. The van der Waals surface area contributed by atoms with E-state index in [1.807, 2.05) is 6.92 Å². The van der Waals surface area contributed by atoms with Crippen LogP contribution in [-0.4, -0.2) is 34.2 Å². The Morgan fingerprint density at radius 1 is 1.43 bits per heavy atom. The average Bonchev–Trinajstić information content (AvgIpc) is 2.93. The van der Waals surface area contributed by atoms with Gasteiger partial charge in [0.1, 0.15) is 10.7 Å². The molecule has 1 fully saturated rings. The predicted octanol–water partition coefficient (Wildman–Crippen LogP) is 1.39. The van der Waals surface area contributed by atoms with Gasteiger partial charge in [-0.25, -0.2) is 17.5 Å². The predicted molar refractivity (Wildman–Crippen MR) is 77.9 cm³/mol. The van der Waals surface area contributed by atoms with E-state index in [2.05, 4.69) is 10.0 Å². The van der Waals surface area contributed by atoms with Crippen molar-refractivity contribution in [3.63, 3.8) is 0 Å². The van der Waals surface area contributed by atoms with E-state index in [1.165, 1.54) is 12.1 Å². The summed E-state index contributed by atoms with van der Waals surface area (Å²) in [5.74, 6) is -0.736. The smallest absolute Gasteiger partial charge is 0.243 e. The summed E-state index contributed by atoms with van der Waals surface area (Å²) in [7, 11) is -3.86. The molecule has 1 aromatic rings. The minimum atomic E-state index is -3.86. The maximum atomic E-state index is 13.9. The summed E-state index contributed by atoms with van der Waals surface area (Å²) in [5.41, 5.74) is 0.743. The van der Waals surface area contributed by atoms with Crippen LogP contribution >= 0.6 is 0 Å². The summed E-state index contributed by atoms with van der Waals surface area (Å²) in [6.07, 6.45) is 1.59. The molecule has 1 aliphatic heterocycles. The van der Waals surface area contributed by atoms with Gasteiger partial charge in [0.2, 0.25) is 10.0 Å². The van der Waals surface area contributed by atoms with Crippen LogP contribution in [0.4, 0.5) is 4.39 Å². The van der Waals surface area contributed by atoms with Crippen molar-refractivity contribution in [2.75, 3.05) is 19.8 Å². The van der Waals surface area contributed by atoms with E-state index in [-0.39, 0.29) is 10.9 Å². The Balaban J connectivity index is 2.14. The van der Waals surface area contributed by atoms with Crippen molar-refractivity contribution in [2.24, 2.45) is 0 Å². The van der Waals surface area contributed by atoms with E-state index < -0.39 is 15.8 Å². The van der Waals surface area contributed by atoms with E-state index in [0.29, 0.717) is 26.2 Å². The van der Waals surface area contributed by atoms with Gasteiger partial charge >= 0.3 is 0 Å². The largest absolute Gasteiger partial charge is 0.380 e. The lowest BCUT2D eigenvalue weighted by molar-refractivity contribution is 0.192. The van der Waals surface area contributed by atoms with Gasteiger partial charge in [0.05, 0.1) is 6.61 Å². The second-order valence-corrected chi connectivity index (χ2v) is 6.81. The fourth-order valence-corrected chi connectivity index (χ4v) is 3.57. The number of hydrogen-bond acceptors (Lipinski definition) is 4. The van der Waals surface area contributed by atoms with Crippen LogP contribution in [0.15, 0.2) is 23.1 Å². The fraction of sp³-hybridized carbons (Fsp3) is 0.571. The summed E-state index contributed by atoms with van der Waals surface area (Å²) in [5, 5.41) is 3.16. The highest BCUT2D eigenvalue weighted by Gasteiger charge is 2.26. The molecule has 0 spiro atoms. The van der Waals surface area contributed by atoms with Gasteiger partial charge in [-0.3, -0.25) is 0 Å². The second-order valence-electron chi connectivity index (χ2n) is 5.12. The Hall–Kier alpha value is -1.02. The molecule has 2 N–H and O–H groups in total. The van der Waals surface area contributed by atoms with Crippen molar-refractivity contribution < 1.29 is 17.5 Å². The van der Waals surface area contributed by atoms with Crippen molar-refractivity contribution in [1.29, 1.82) is 0 Å². The maximum Gasteiger partial charge on any atom is 0.243 e. The Morgan fingerprint density at radius 3 is 2.90 bits per heavy atom. The molecule has 2 rings (SSSR count). The van der Waals surface area contributed by atoms with Crippen LogP contribution in [0.1, 0.15) is 25.3 Å². The molecule has 1 aliphatic rings. The molecule has 0 amide bonds. The molecule has 1 unspecified atom stereocenters. The lowest BCUT2D eigenvalue weighted by atomic mass is 10.2. The zero-order chi connectivity index (χ0) is 15.3. The molecule has 5 nitrogen and oxygen atoms in total.